The van der Waals surface area contributed by atoms with Crippen molar-refractivity contribution < 1.29 is 4.79 Å². The molecule has 2 aromatic heterocycles. The van der Waals surface area contributed by atoms with E-state index >= 15 is 0 Å². The Bertz CT molecular complexity index is 922. The zero-order valence-corrected chi connectivity index (χ0v) is 13.6. The lowest BCUT2D eigenvalue weighted by molar-refractivity contribution is 0.100. The Balaban J connectivity index is 1.91. The SMILES string of the molecule is NC(=O)c1ccc(N2CCNCC2)c2nc(-c3ccccn3)cnc12. The molecule has 0 unspecified atom stereocenters. The van der Waals surface area contributed by atoms with Gasteiger partial charge in [-0.1, -0.05) is 6.07 Å². The van der Waals surface area contributed by atoms with Crippen molar-refractivity contribution >= 4 is 22.6 Å². The van der Waals surface area contributed by atoms with Gasteiger partial charge in [-0.15, -0.1) is 0 Å². The van der Waals surface area contributed by atoms with Crippen LogP contribution in [0.4, 0.5) is 5.69 Å². The first-order valence-electron chi connectivity index (χ1n) is 8.20. The van der Waals surface area contributed by atoms with E-state index in [1.807, 2.05) is 24.3 Å². The fraction of sp³-hybridized carbons (Fsp3) is 0.222. The van der Waals surface area contributed by atoms with Gasteiger partial charge in [0.1, 0.15) is 16.7 Å². The van der Waals surface area contributed by atoms with E-state index in [0.29, 0.717) is 22.3 Å². The molecule has 1 saturated heterocycles. The number of aromatic nitrogens is 3. The van der Waals surface area contributed by atoms with Crippen LogP contribution in [0.2, 0.25) is 0 Å². The molecule has 1 aliphatic rings. The number of nitrogens with two attached hydrogens (primary N) is 1. The Kier molecular flexibility index (Phi) is 3.99. The smallest absolute Gasteiger partial charge is 0.250 e. The van der Waals surface area contributed by atoms with E-state index in [1.165, 1.54) is 0 Å². The fourth-order valence-electron chi connectivity index (χ4n) is 3.08. The van der Waals surface area contributed by atoms with Gasteiger partial charge in [0.05, 0.1) is 23.1 Å². The van der Waals surface area contributed by atoms with E-state index in [9.17, 15) is 4.79 Å². The third-order valence-corrected chi connectivity index (χ3v) is 4.33. The molecule has 1 fully saturated rings. The van der Waals surface area contributed by atoms with Crippen LogP contribution in [0.15, 0.2) is 42.7 Å². The second-order valence-corrected chi connectivity index (χ2v) is 5.90. The van der Waals surface area contributed by atoms with Gasteiger partial charge < -0.3 is 16.0 Å². The number of amides is 1. The summed E-state index contributed by atoms with van der Waals surface area (Å²) < 4.78 is 0. The van der Waals surface area contributed by atoms with E-state index < -0.39 is 5.91 Å². The molecule has 0 atom stereocenters. The highest BCUT2D eigenvalue weighted by Gasteiger charge is 2.19. The summed E-state index contributed by atoms with van der Waals surface area (Å²) in [5.74, 6) is -0.503. The number of pyridine rings is 1. The molecule has 7 heteroatoms. The molecule has 3 heterocycles. The maximum Gasteiger partial charge on any atom is 0.250 e. The van der Waals surface area contributed by atoms with Crippen molar-refractivity contribution in [3.05, 3.63) is 48.3 Å². The van der Waals surface area contributed by atoms with Crippen LogP contribution >= 0.6 is 0 Å². The Labute approximate surface area is 144 Å². The summed E-state index contributed by atoms with van der Waals surface area (Å²) in [4.78, 5) is 27.6. The minimum absolute atomic E-state index is 0.383. The van der Waals surface area contributed by atoms with Crippen LogP contribution in [-0.2, 0) is 0 Å². The first-order chi connectivity index (χ1) is 12.2. The minimum atomic E-state index is -0.503. The number of fused-ring (bicyclic) bond motifs is 1. The lowest BCUT2D eigenvalue weighted by Crippen LogP contribution is -2.43. The van der Waals surface area contributed by atoms with Crippen LogP contribution < -0.4 is 16.0 Å². The Morgan fingerprint density at radius 1 is 1.04 bits per heavy atom. The highest BCUT2D eigenvalue weighted by Crippen LogP contribution is 2.29. The summed E-state index contributed by atoms with van der Waals surface area (Å²) in [7, 11) is 0. The molecule has 1 amide bonds. The second-order valence-electron chi connectivity index (χ2n) is 5.90. The third kappa shape index (κ3) is 2.89. The van der Waals surface area contributed by atoms with Gasteiger partial charge in [-0.2, -0.15) is 0 Å². The van der Waals surface area contributed by atoms with Crippen LogP contribution in [0.3, 0.4) is 0 Å². The number of benzene rings is 1. The minimum Gasteiger partial charge on any atom is -0.367 e. The van der Waals surface area contributed by atoms with Crippen molar-refractivity contribution in [2.75, 3.05) is 31.1 Å². The molecule has 1 aromatic carbocycles. The molecule has 3 N–H and O–H groups in total. The second kappa shape index (κ2) is 6.45. The summed E-state index contributed by atoms with van der Waals surface area (Å²) in [5.41, 5.74) is 9.49. The molecule has 1 aliphatic heterocycles. The molecule has 0 radical (unpaired) electrons. The van der Waals surface area contributed by atoms with Crippen LogP contribution in [0.1, 0.15) is 10.4 Å². The number of hydrogen-bond donors (Lipinski definition) is 2. The van der Waals surface area contributed by atoms with E-state index in [1.54, 1.807) is 18.5 Å². The fourth-order valence-corrected chi connectivity index (χ4v) is 3.08. The molecule has 0 bridgehead atoms. The summed E-state index contributed by atoms with van der Waals surface area (Å²) in [5, 5.41) is 3.34. The van der Waals surface area contributed by atoms with Crippen LogP contribution in [-0.4, -0.2) is 47.0 Å². The van der Waals surface area contributed by atoms with Gasteiger partial charge in [-0.05, 0) is 24.3 Å². The molecule has 4 rings (SSSR count). The lowest BCUT2D eigenvalue weighted by Gasteiger charge is -2.30. The summed E-state index contributed by atoms with van der Waals surface area (Å²) in [6, 6.07) is 9.29. The van der Waals surface area contributed by atoms with Gasteiger partial charge in [-0.3, -0.25) is 14.8 Å². The average molecular weight is 334 g/mol. The number of nitrogens with one attached hydrogen (secondary N) is 1. The molecule has 0 aliphatic carbocycles. The van der Waals surface area contributed by atoms with Crippen LogP contribution in [0.5, 0.6) is 0 Å². The van der Waals surface area contributed by atoms with Gasteiger partial charge >= 0.3 is 0 Å². The summed E-state index contributed by atoms with van der Waals surface area (Å²) in [6.45, 7) is 3.57. The lowest BCUT2D eigenvalue weighted by atomic mass is 10.1. The molecule has 126 valence electrons. The van der Waals surface area contributed by atoms with Crippen molar-refractivity contribution in [2.45, 2.75) is 0 Å². The summed E-state index contributed by atoms with van der Waals surface area (Å²) in [6.07, 6.45) is 3.36. The number of primary amides is 1. The van der Waals surface area contributed by atoms with Gasteiger partial charge in [0.15, 0.2) is 0 Å². The maximum absolute atomic E-state index is 11.8. The predicted octanol–water partition coefficient (Wildman–Crippen LogP) is 1.20. The number of carbonyl (C=O) groups excluding carboxylic acids is 1. The standard InChI is InChI=1S/C18H18N6O/c19-18(25)12-4-5-15(24-9-7-20-8-10-24)17-16(12)22-11-14(23-17)13-3-1-2-6-21-13/h1-6,11,20H,7-10H2,(H2,19,25). The van der Waals surface area contributed by atoms with Gasteiger partial charge in [0, 0.05) is 32.4 Å². The van der Waals surface area contributed by atoms with Crippen molar-refractivity contribution in [1.82, 2.24) is 20.3 Å². The number of anilines is 1. The molecule has 0 saturated carbocycles. The maximum atomic E-state index is 11.8. The third-order valence-electron chi connectivity index (χ3n) is 4.33. The Hall–Kier alpha value is -3.06. The Morgan fingerprint density at radius 3 is 2.60 bits per heavy atom. The first-order valence-corrected chi connectivity index (χ1v) is 8.20. The number of carbonyl (C=O) groups is 1. The van der Waals surface area contributed by atoms with E-state index in [0.717, 1.165) is 37.6 Å². The van der Waals surface area contributed by atoms with Crippen molar-refractivity contribution in [3.8, 4) is 11.4 Å². The normalized spacial score (nSPS) is 14.6. The molecule has 7 nitrogen and oxygen atoms in total. The van der Waals surface area contributed by atoms with E-state index in [-0.39, 0.29) is 0 Å². The van der Waals surface area contributed by atoms with Gasteiger partial charge in [0.2, 0.25) is 0 Å². The number of piperazine rings is 1. The molecular weight excluding hydrogens is 316 g/mol. The van der Waals surface area contributed by atoms with Gasteiger partial charge in [0.25, 0.3) is 5.91 Å². The Morgan fingerprint density at radius 2 is 1.88 bits per heavy atom. The average Bonchev–Trinajstić information content (AvgIpc) is 2.68. The molecule has 25 heavy (non-hydrogen) atoms. The molecule has 0 spiro atoms. The van der Waals surface area contributed by atoms with Crippen molar-refractivity contribution in [3.63, 3.8) is 0 Å². The van der Waals surface area contributed by atoms with Gasteiger partial charge in [-0.25, -0.2) is 4.98 Å². The largest absolute Gasteiger partial charge is 0.367 e. The highest BCUT2D eigenvalue weighted by molar-refractivity contribution is 6.07. The summed E-state index contributed by atoms with van der Waals surface area (Å²) >= 11 is 0. The molecule has 3 aromatic rings. The zero-order valence-electron chi connectivity index (χ0n) is 13.6. The molecular formula is C18H18N6O. The van der Waals surface area contributed by atoms with E-state index in [2.05, 4.69) is 20.2 Å². The van der Waals surface area contributed by atoms with Crippen molar-refractivity contribution in [2.24, 2.45) is 5.73 Å². The van der Waals surface area contributed by atoms with E-state index in [4.69, 9.17) is 10.7 Å². The number of nitrogens with zero attached hydrogens (tertiary/aromatic N) is 4. The number of rotatable bonds is 3. The number of hydrogen-bond acceptors (Lipinski definition) is 6. The topological polar surface area (TPSA) is 97.0 Å². The highest BCUT2D eigenvalue weighted by atomic mass is 16.1. The monoisotopic (exact) mass is 334 g/mol. The van der Waals surface area contributed by atoms with Crippen LogP contribution in [0, 0.1) is 0 Å². The zero-order chi connectivity index (χ0) is 17.2. The predicted molar refractivity (Wildman–Crippen MR) is 96.4 cm³/mol. The van der Waals surface area contributed by atoms with Crippen molar-refractivity contribution in [1.29, 1.82) is 0 Å². The first kappa shape index (κ1) is 15.5. The quantitative estimate of drug-likeness (QED) is 0.747. The van der Waals surface area contributed by atoms with Crippen LogP contribution in [0.25, 0.3) is 22.4 Å².